The average molecular weight is 564 g/mol. The molecular formula is C27H25ClF3N3O5. The lowest BCUT2D eigenvalue weighted by molar-refractivity contribution is -0.141. The molecule has 1 saturated heterocycles. The first-order valence-electron chi connectivity index (χ1n) is 12.0. The molecule has 0 saturated carbocycles. The number of halogens is 4. The predicted octanol–water partition coefficient (Wildman–Crippen LogP) is 6.08. The fraction of sp³-hybridized carbons (Fsp3) is 0.296. The van der Waals surface area contributed by atoms with Crippen molar-refractivity contribution < 1.29 is 37.0 Å². The van der Waals surface area contributed by atoms with Crippen LogP contribution in [0.2, 0.25) is 5.02 Å². The molecule has 2 aromatic carbocycles. The minimum absolute atomic E-state index is 0.0303. The van der Waals surface area contributed by atoms with Crippen molar-refractivity contribution in [3.8, 4) is 11.6 Å². The van der Waals surface area contributed by atoms with Gasteiger partial charge >= 0.3 is 12.3 Å². The molecule has 2 heterocycles. The molecule has 39 heavy (non-hydrogen) atoms. The molecule has 1 aliphatic heterocycles. The van der Waals surface area contributed by atoms with Gasteiger partial charge in [-0.2, -0.15) is 13.2 Å². The maximum Gasteiger partial charge on any atom is 0.433 e. The summed E-state index contributed by atoms with van der Waals surface area (Å²) in [6.07, 6.45) is -4.60. The second-order valence-corrected chi connectivity index (χ2v) is 9.09. The summed E-state index contributed by atoms with van der Waals surface area (Å²) in [5, 5.41) is 2.11. The number of anilines is 1. The fourth-order valence-corrected chi connectivity index (χ4v) is 4.23. The van der Waals surface area contributed by atoms with Crippen LogP contribution >= 0.6 is 11.6 Å². The van der Waals surface area contributed by atoms with Crippen LogP contribution in [0.3, 0.4) is 0 Å². The van der Waals surface area contributed by atoms with E-state index in [4.69, 9.17) is 25.8 Å². The Bertz CT molecular complexity index is 1310. The molecule has 0 spiro atoms. The number of likely N-dealkylation sites (tertiary alicyclic amines) is 1. The molecule has 1 N–H and O–H groups in total. The van der Waals surface area contributed by atoms with E-state index in [0.29, 0.717) is 30.2 Å². The number of amides is 2. The lowest BCUT2D eigenvalue weighted by atomic mass is 10.2. The van der Waals surface area contributed by atoms with Crippen LogP contribution in [0.25, 0.3) is 0 Å². The van der Waals surface area contributed by atoms with Crippen LogP contribution < -0.4 is 14.8 Å². The molecule has 1 aromatic heterocycles. The van der Waals surface area contributed by atoms with Crippen LogP contribution in [0.4, 0.5) is 23.7 Å². The van der Waals surface area contributed by atoms with Crippen molar-refractivity contribution >= 4 is 29.3 Å². The summed E-state index contributed by atoms with van der Waals surface area (Å²) in [5.74, 6) is -0.563. The van der Waals surface area contributed by atoms with E-state index in [9.17, 15) is 22.8 Å². The van der Waals surface area contributed by atoms with Gasteiger partial charge in [-0.15, -0.1) is 0 Å². The molecule has 3 aromatic rings. The van der Waals surface area contributed by atoms with E-state index in [1.54, 1.807) is 36.4 Å². The van der Waals surface area contributed by atoms with Gasteiger partial charge in [0.05, 0.1) is 12.1 Å². The van der Waals surface area contributed by atoms with Crippen LogP contribution in [-0.4, -0.2) is 41.6 Å². The van der Waals surface area contributed by atoms with Crippen molar-refractivity contribution in [3.05, 3.63) is 82.5 Å². The normalized spacial score (nSPS) is 15.1. The molecule has 2 amide bonds. The van der Waals surface area contributed by atoms with Gasteiger partial charge < -0.3 is 19.5 Å². The van der Waals surface area contributed by atoms with Crippen molar-refractivity contribution in [2.45, 2.75) is 38.3 Å². The van der Waals surface area contributed by atoms with E-state index >= 15 is 0 Å². The quantitative estimate of drug-likeness (QED) is 0.357. The van der Waals surface area contributed by atoms with Gasteiger partial charge in [-0.05, 0) is 42.2 Å². The van der Waals surface area contributed by atoms with E-state index < -0.39 is 40.8 Å². The minimum Gasteiger partial charge on any atom is -0.497 e. The monoisotopic (exact) mass is 563 g/mol. The van der Waals surface area contributed by atoms with Gasteiger partial charge in [0.2, 0.25) is 11.8 Å². The average Bonchev–Trinajstić information content (AvgIpc) is 3.42. The van der Waals surface area contributed by atoms with Gasteiger partial charge in [-0.25, -0.2) is 9.78 Å². The second-order valence-electron chi connectivity index (χ2n) is 8.68. The number of methoxy groups -OCH3 is 1. The largest absolute Gasteiger partial charge is 0.497 e. The fourth-order valence-electron chi connectivity index (χ4n) is 3.99. The van der Waals surface area contributed by atoms with E-state index in [-0.39, 0.29) is 25.4 Å². The number of ether oxygens (including phenoxy) is 3. The molecule has 0 aliphatic carbocycles. The summed E-state index contributed by atoms with van der Waals surface area (Å²) in [5.41, 5.74) is -0.103. The van der Waals surface area contributed by atoms with Crippen molar-refractivity contribution in [3.63, 3.8) is 0 Å². The summed E-state index contributed by atoms with van der Waals surface area (Å²) in [7, 11) is 1.50. The Morgan fingerprint density at radius 3 is 2.44 bits per heavy atom. The Morgan fingerprint density at radius 1 is 1.08 bits per heavy atom. The van der Waals surface area contributed by atoms with Gasteiger partial charge in [0.25, 0.3) is 0 Å². The summed E-state index contributed by atoms with van der Waals surface area (Å²) in [6, 6.07) is 15.4. The molecule has 1 atom stereocenters. The summed E-state index contributed by atoms with van der Waals surface area (Å²) in [6.45, 7) is 0.160. The van der Waals surface area contributed by atoms with Crippen molar-refractivity contribution in [1.29, 1.82) is 0 Å². The lowest BCUT2D eigenvalue weighted by Crippen LogP contribution is -2.43. The number of nitrogens with zero attached hydrogens (tertiary/aromatic N) is 2. The molecule has 1 aliphatic rings. The highest BCUT2D eigenvalue weighted by Crippen LogP contribution is 2.38. The molecule has 206 valence electrons. The Hall–Kier alpha value is -3.99. The number of benzene rings is 2. The van der Waals surface area contributed by atoms with Gasteiger partial charge in [0.1, 0.15) is 36.4 Å². The Morgan fingerprint density at radius 2 is 1.77 bits per heavy atom. The molecule has 8 nitrogen and oxygen atoms in total. The minimum atomic E-state index is -4.80. The number of hydrogen-bond acceptors (Lipinski definition) is 6. The van der Waals surface area contributed by atoms with Gasteiger partial charge in [-0.3, -0.25) is 9.69 Å². The van der Waals surface area contributed by atoms with Crippen LogP contribution in [0.15, 0.2) is 60.7 Å². The smallest absolute Gasteiger partial charge is 0.433 e. The number of pyridine rings is 1. The zero-order valence-corrected chi connectivity index (χ0v) is 21.6. The Balaban J connectivity index is 1.50. The SMILES string of the molecule is COc1ccc(COc2nc(C(F)(F)F)cc(Cl)c2NC(=O)C2CCCN2C(=O)OCc2ccccc2)cc1. The number of nitrogens with one attached hydrogen (secondary N) is 1. The number of alkyl halides is 3. The van der Waals surface area contributed by atoms with Crippen LogP contribution in [-0.2, 0) is 28.9 Å². The molecule has 4 rings (SSSR count). The Labute approximate surface area is 227 Å². The number of aromatic nitrogens is 1. The third-order valence-corrected chi connectivity index (χ3v) is 6.30. The number of carbonyl (C=O) groups excluding carboxylic acids is 2. The lowest BCUT2D eigenvalue weighted by Gasteiger charge is -2.24. The zero-order chi connectivity index (χ0) is 28.0. The van der Waals surface area contributed by atoms with E-state index in [0.717, 1.165) is 5.56 Å². The van der Waals surface area contributed by atoms with Crippen molar-refractivity contribution in [2.24, 2.45) is 0 Å². The molecule has 12 heteroatoms. The molecule has 0 radical (unpaired) electrons. The van der Waals surface area contributed by atoms with Gasteiger partial charge in [0, 0.05) is 6.54 Å². The molecule has 1 fully saturated rings. The topological polar surface area (TPSA) is 90.0 Å². The molecular weight excluding hydrogens is 539 g/mol. The number of rotatable bonds is 8. The molecule has 1 unspecified atom stereocenters. The van der Waals surface area contributed by atoms with Crippen molar-refractivity contribution in [1.82, 2.24) is 9.88 Å². The summed E-state index contributed by atoms with van der Waals surface area (Å²) >= 11 is 6.17. The standard InChI is InChI=1S/C27H25ClF3N3O5/c1-37-19-11-9-18(10-12-19)15-38-25-23(20(28)14-22(32-25)27(29,30)31)33-24(35)21-8-5-13-34(21)26(36)39-16-17-6-3-2-4-7-17/h2-4,6-7,9-12,14,21H,5,8,13,15-16H2,1H3,(H,33,35). The number of carbonyl (C=O) groups is 2. The first kappa shape index (κ1) is 28.0. The third-order valence-electron chi connectivity index (χ3n) is 6.01. The van der Waals surface area contributed by atoms with E-state index in [2.05, 4.69) is 10.3 Å². The highest BCUT2D eigenvalue weighted by Gasteiger charge is 2.38. The predicted molar refractivity (Wildman–Crippen MR) is 137 cm³/mol. The van der Waals surface area contributed by atoms with Crippen LogP contribution in [0.1, 0.15) is 29.7 Å². The maximum absolute atomic E-state index is 13.4. The highest BCUT2D eigenvalue weighted by atomic mass is 35.5. The first-order valence-corrected chi connectivity index (χ1v) is 12.3. The van der Waals surface area contributed by atoms with Crippen LogP contribution in [0, 0.1) is 0 Å². The molecule has 0 bridgehead atoms. The van der Waals surface area contributed by atoms with Crippen LogP contribution in [0.5, 0.6) is 11.6 Å². The van der Waals surface area contributed by atoms with Gasteiger partial charge in [0.15, 0.2) is 0 Å². The number of hydrogen-bond donors (Lipinski definition) is 1. The van der Waals surface area contributed by atoms with Crippen molar-refractivity contribution in [2.75, 3.05) is 19.0 Å². The Kier molecular flexibility index (Phi) is 8.80. The van der Waals surface area contributed by atoms with E-state index in [1.807, 2.05) is 18.2 Å². The first-order chi connectivity index (χ1) is 18.7. The third kappa shape index (κ3) is 7.11. The zero-order valence-electron chi connectivity index (χ0n) is 20.8. The maximum atomic E-state index is 13.4. The highest BCUT2D eigenvalue weighted by molar-refractivity contribution is 6.34. The summed E-state index contributed by atoms with van der Waals surface area (Å²) in [4.78, 5) is 30.8. The second kappa shape index (κ2) is 12.2. The van der Waals surface area contributed by atoms with Gasteiger partial charge in [-0.1, -0.05) is 54.1 Å². The van der Waals surface area contributed by atoms with E-state index in [1.165, 1.54) is 12.0 Å². The summed E-state index contributed by atoms with van der Waals surface area (Å²) < 4.78 is 56.3.